The Morgan fingerprint density at radius 2 is 1.80 bits per heavy atom. The maximum atomic E-state index is 5.82. The third kappa shape index (κ3) is 2.26. The second-order valence-electron chi connectivity index (χ2n) is 6.78. The van der Waals surface area contributed by atoms with Gasteiger partial charge in [-0.1, -0.05) is 18.2 Å². The van der Waals surface area contributed by atoms with Gasteiger partial charge in [-0.15, -0.1) is 0 Å². The fraction of sp³-hybridized carbons (Fsp3) is 0.500. The Hall–Kier alpha value is -1.82. The van der Waals surface area contributed by atoms with Crippen LogP contribution in [0.15, 0.2) is 35.9 Å². The molecule has 1 spiro atoms. The zero-order valence-electron chi connectivity index (χ0n) is 15.2. The van der Waals surface area contributed by atoms with E-state index in [1.807, 2.05) is 0 Å². The molecule has 0 amide bonds. The van der Waals surface area contributed by atoms with Crippen LogP contribution in [0.3, 0.4) is 0 Å². The molecule has 2 heterocycles. The topological polar surface area (TPSA) is 40.2 Å². The maximum Gasteiger partial charge on any atom is 0.161 e. The summed E-state index contributed by atoms with van der Waals surface area (Å²) < 4.78 is 22.6. The molecule has 0 N–H and O–H groups in total. The molecule has 134 valence electrons. The van der Waals surface area contributed by atoms with Crippen molar-refractivity contribution in [2.75, 3.05) is 41.5 Å². The zero-order valence-corrected chi connectivity index (χ0v) is 15.2. The minimum absolute atomic E-state index is 0.0140. The summed E-state index contributed by atoms with van der Waals surface area (Å²) >= 11 is 0. The van der Waals surface area contributed by atoms with Crippen LogP contribution >= 0.6 is 0 Å². The lowest BCUT2D eigenvalue weighted by atomic mass is 9.70. The highest BCUT2D eigenvalue weighted by atomic mass is 16.5. The van der Waals surface area contributed by atoms with Crippen LogP contribution < -0.4 is 9.47 Å². The fourth-order valence-electron chi connectivity index (χ4n) is 4.59. The predicted octanol–water partition coefficient (Wildman–Crippen LogP) is 2.82. The highest BCUT2D eigenvalue weighted by Gasteiger charge is 2.52. The third-order valence-electron chi connectivity index (χ3n) is 5.86. The van der Waals surface area contributed by atoms with Crippen LogP contribution in [0.1, 0.15) is 23.7 Å². The lowest BCUT2D eigenvalue weighted by Gasteiger charge is -2.50. The third-order valence-corrected chi connectivity index (χ3v) is 5.86. The quantitative estimate of drug-likeness (QED) is 0.841. The molecule has 1 aliphatic carbocycles. The van der Waals surface area contributed by atoms with Crippen LogP contribution in [-0.4, -0.2) is 52.5 Å². The minimum Gasteiger partial charge on any atom is -0.493 e. The van der Waals surface area contributed by atoms with Crippen molar-refractivity contribution in [1.29, 1.82) is 0 Å². The maximum absolute atomic E-state index is 5.82. The molecule has 0 bridgehead atoms. The Morgan fingerprint density at radius 1 is 1.04 bits per heavy atom. The van der Waals surface area contributed by atoms with Crippen LogP contribution in [0.4, 0.5) is 0 Å². The minimum atomic E-state index is -0.181. The van der Waals surface area contributed by atoms with E-state index in [4.69, 9.17) is 18.9 Å². The van der Waals surface area contributed by atoms with Gasteiger partial charge < -0.3 is 18.9 Å². The molecule has 2 aliphatic heterocycles. The Labute approximate surface area is 148 Å². The predicted molar refractivity (Wildman–Crippen MR) is 95.2 cm³/mol. The van der Waals surface area contributed by atoms with Gasteiger partial charge in [0.1, 0.15) is 0 Å². The number of hydrogen-bond acceptors (Lipinski definition) is 5. The van der Waals surface area contributed by atoms with Gasteiger partial charge in [-0.2, -0.15) is 0 Å². The van der Waals surface area contributed by atoms with Gasteiger partial charge in [0, 0.05) is 33.7 Å². The summed E-state index contributed by atoms with van der Waals surface area (Å²) in [4.78, 5) is 2.50. The summed E-state index contributed by atoms with van der Waals surface area (Å²) in [5.74, 6) is 1.49. The number of hydrogen-bond donors (Lipinski definition) is 0. The van der Waals surface area contributed by atoms with Crippen molar-refractivity contribution in [2.24, 2.45) is 0 Å². The molecular formula is C20H25NO4. The monoisotopic (exact) mass is 343 g/mol. The normalized spacial score (nSPS) is 30.3. The van der Waals surface area contributed by atoms with Crippen LogP contribution in [-0.2, 0) is 15.0 Å². The summed E-state index contributed by atoms with van der Waals surface area (Å²) in [6.45, 7) is 1.77. The largest absolute Gasteiger partial charge is 0.493 e. The lowest BCUT2D eigenvalue weighted by molar-refractivity contribution is -0.00662. The molecule has 1 aromatic carbocycles. The van der Waals surface area contributed by atoms with E-state index >= 15 is 0 Å². The first-order chi connectivity index (χ1) is 12.2. The van der Waals surface area contributed by atoms with Crippen LogP contribution in [0, 0.1) is 0 Å². The van der Waals surface area contributed by atoms with Crippen molar-refractivity contribution in [3.63, 3.8) is 0 Å². The molecule has 0 radical (unpaired) electrons. The van der Waals surface area contributed by atoms with Gasteiger partial charge in [0.05, 0.1) is 32.0 Å². The summed E-state index contributed by atoms with van der Waals surface area (Å²) in [6.07, 6.45) is 7.69. The Balaban J connectivity index is 1.94. The summed E-state index contributed by atoms with van der Waals surface area (Å²) in [5.41, 5.74) is 3.57. The van der Waals surface area contributed by atoms with Gasteiger partial charge >= 0.3 is 0 Å². The van der Waals surface area contributed by atoms with E-state index in [-0.39, 0.29) is 17.7 Å². The Bertz CT molecular complexity index is 741. The van der Waals surface area contributed by atoms with Crippen molar-refractivity contribution >= 4 is 0 Å². The number of nitrogens with zero attached hydrogens (tertiary/aromatic N) is 1. The van der Waals surface area contributed by atoms with Gasteiger partial charge in [0.2, 0.25) is 0 Å². The van der Waals surface area contributed by atoms with Gasteiger partial charge in [0.15, 0.2) is 11.5 Å². The first-order valence-electron chi connectivity index (χ1n) is 8.63. The van der Waals surface area contributed by atoms with Gasteiger partial charge in [-0.25, -0.2) is 0 Å². The fourth-order valence-corrected chi connectivity index (χ4v) is 4.59. The van der Waals surface area contributed by atoms with Crippen LogP contribution in [0.2, 0.25) is 0 Å². The summed E-state index contributed by atoms with van der Waals surface area (Å²) in [6, 6.07) is 4.20. The molecule has 5 heteroatoms. The average molecular weight is 343 g/mol. The van der Waals surface area contributed by atoms with Gasteiger partial charge in [-0.3, -0.25) is 4.90 Å². The Kier molecular flexibility index (Phi) is 4.10. The molecule has 5 nitrogen and oxygen atoms in total. The van der Waals surface area contributed by atoms with Gasteiger partial charge in [-0.05, 0) is 28.8 Å². The lowest BCUT2D eigenvalue weighted by Crippen LogP contribution is -2.52. The molecule has 0 saturated heterocycles. The van der Waals surface area contributed by atoms with E-state index in [1.165, 1.54) is 16.7 Å². The molecule has 0 aromatic heterocycles. The number of rotatable bonds is 4. The number of ether oxygens (including phenoxy) is 4. The van der Waals surface area contributed by atoms with Crippen molar-refractivity contribution in [1.82, 2.24) is 4.90 Å². The number of methoxy groups -OCH3 is 4. The number of benzene rings is 1. The molecule has 25 heavy (non-hydrogen) atoms. The molecule has 0 fully saturated rings. The van der Waals surface area contributed by atoms with Crippen molar-refractivity contribution in [2.45, 2.75) is 24.2 Å². The van der Waals surface area contributed by atoms with E-state index in [0.29, 0.717) is 0 Å². The number of fused-ring (bicyclic) bond motifs is 1. The first-order valence-corrected chi connectivity index (χ1v) is 8.63. The van der Waals surface area contributed by atoms with Crippen LogP contribution in [0.25, 0.3) is 0 Å². The van der Waals surface area contributed by atoms with Gasteiger partial charge in [0.25, 0.3) is 0 Å². The first kappa shape index (κ1) is 16.6. The Morgan fingerprint density at radius 3 is 2.48 bits per heavy atom. The highest BCUT2D eigenvalue weighted by Crippen LogP contribution is 2.54. The zero-order chi connectivity index (χ0) is 17.6. The molecule has 0 saturated carbocycles. The molecule has 3 aliphatic rings. The molecule has 1 aromatic rings. The van der Waals surface area contributed by atoms with Crippen molar-refractivity contribution < 1.29 is 18.9 Å². The van der Waals surface area contributed by atoms with Crippen molar-refractivity contribution in [3.8, 4) is 11.5 Å². The summed E-state index contributed by atoms with van der Waals surface area (Å²) in [5, 5.41) is 0. The van der Waals surface area contributed by atoms with Crippen molar-refractivity contribution in [3.05, 3.63) is 47.1 Å². The average Bonchev–Trinajstić information content (AvgIpc) is 3.04. The smallest absolute Gasteiger partial charge is 0.161 e. The molecule has 2 unspecified atom stereocenters. The second kappa shape index (κ2) is 6.16. The van der Waals surface area contributed by atoms with E-state index in [0.717, 1.165) is 31.0 Å². The molecular weight excluding hydrogens is 318 g/mol. The van der Waals surface area contributed by atoms with E-state index in [1.54, 1.807) is 28.4 Å². The SMILES string of the molecule is COc1cc2c(cc1OC)[C@]13CC(OC)C=CC1=CCN3CC2OC. The second-order valence-corrected chi connectivity index (χ2v) is 6.78. The van der Waals surface area contributed by atoms with E-state index in [2.05, 4.69) is 35.3 Å². The summed E-state index contributed by atoms with van der Waals surface area (Å²) in [7, 11) is 6.90. The molecule has 4 rings (SSSR count). The molecule has 3 atom stereocenters. The van der Waals surface area contributed by atoms with Crippen LogP contribution in [0.5, 0.6) is 11.5 Å². The van der Waals surface area contributed by atoms with E-state index < -0.39 is 0 Å². The highest BCUT2D eigenvalue weighted by molar-refractivity contribution is 5.58. The standard InChI is InChI=1S/C20H25NO4/c1-22-14-6-5-13-7-8-21-12-19(25-4)15-9-17(23-2)18(24-3)10-16(15)20(13,21)11-14/h5-7,9-10,14,19H,8,11-12H2,1-4H3/t14?,19?,20-/m0/s1. The van der Waals surface area contributed by atoms with E-state index in [9.17, 15) is 0 Å².